The zero-order chi connectivity index (χ0) is 30.9. The highest BCUT2D eigenvalue weighted by Crippen LogP contribution is 2.38. The summed E-state index contributed by atoms with van der Waals surface area (Å²) >= 11 is 0. The average molecular weight is 614 g/mol. The van der Waals surface area contributed by atoms with Crippen molar-refractivity contribution in [1.29, 1.82) is 0 Å². The van der Waals surface area contributed by atoms with Gasteiger partial charge < -0.3 is 24.7 Å². The normalized spacial score (nSPS) is 19.0. The number of halogens is 5. The van der Waals surface area contributed by atoms with Crippen molar-refractivity contribution in [3.63, 3.8) is 0 Å². The van der Waals surface area contributed by atoms with Gasteiger partial charge in [-0.3, -0.25) is 0 Å². The van der Waals surface area contributed by atoms with Crippen LogP contribution in [0.15, 0.2) is 41.4 Å². The minimum atomic E-state index is -4.57. The van der Waals surface area contributed by atoms with Crippen molar-refractivity contribution in [1.82, 2.24) is 19.6 Å². The van der Waals surface area contributed by atoms with Crippen molar-refractivity contribution in [3.8, 4) is 17.6 Å². The number of nitrogens with zero attached hydrogens (tertiary/aromatic N) is 3. The van der Waals surface area contributed by atoms with Crippen LogP contribution in [0.2, 0.25) is 0 Å². The van der Waals surface area contributed by atoms with E-state index in [9.17, 15) is 30.4 Å². The van der Waals surface area contributed by atoms with Crippen LogP contribution in [0.3, 0.4) is 0 Å². The fraction of sp³-hybridized carbons (Fsp3) is 0.464. The van der Waals surface area contributed by atoms with Gasteiger partial charge in [-0.2, -0.15) is 13.2 Å². The van der Waals surface area contributed by atoms with Gasteiger partial charge in [-0.25, -0.2) is 22.2 Å². The van der Waals surface area contributed by atoms with Crippen LogP contribution in [0.25, 0.3) is 5.65 Å². The molecule has 1 aliphatic rings. The van der Waals surface area contributed by atoms with Crippen molar-refractivity contribution >= 4 is 21.2 Å². The molecule has 8 nitrogen and oxygen atoms in total. The monoisotopic (exact) mass is 613 g/mol. The van der Waals surface area contributed by atoms with E-state index in [0.717, 1.165) is 6.26 Å². The molecule has 3 aromatic rings. The van der Waals surface area contributed by atoms with Crippen molar-refractivity contribution in [2.24, 2.45) is 0 Å². The highest BCUT2D eigenvalue weighted by molar-refractivity contribution is 7.90. The maximum absolute atomic E-state index is 14.7. The first kappa shape index (κ1) is 31.5. The molecule has 0 saturated carbocycles. The van der Waals surface area contributed by atoms with Gasteiger partial charge in [0, 0.05) is 55.6 Å². The van der Waals surface area contributed by atoms with E-state index in [0.29, 0.717) is 17.8 Å². The molecule has 0 bridgehead atoms. The summed E-state index contributed by atoms with van der Waals surface area (Å²) in [6.07, 6.45) is -4.25. The number of nitrogens with one attached hydrogen (secondary N) is 2. The molecule has 0 spiro atoms. The minimum absolute atomic E-state index is 0.0244. The first-order valence-corrected chi connectivity index (χ1v) is 14.9. The van der Waals surface area contributed by atoms with Gasteiger partial charge in [-0.1, -0.05) is 12.0 Å². The molecule has 42 heavy (non-hydrogen) atoms. The van der Waals surface area contributed by atoms with Gasteiger partial charge >= 0.3 is 6.18 Å². The van der Waals surface area contributed by atoms with Gasteiger partial charge in [0.2, 0.25) is 0 Å². The lowest BCUT2D eigenvalue weighted by Crippen LogP contribution is -2.49. The summed E-state index contributed by atoms with van der Waals surface area (Å²) < 4.78 is 100. The molecule has 3 heterocycles. The number of hydrogen-bond acceptors (Lipinski definition) is 7. The number of sulfone groups is 1. The highest BCUT2D eigenvalue weighted by Gasteiger charge is 2.42. The fourth-order valence-electron chi connectivity index (χ4n) is 5.09. The van der Waals surface area contributed by atoms with Gasteiger partial charge in [0.15, 0.2) is 9.84 Å². The molecule has 4 rings (SSSR count). The lowest BCUT2D eigenvalue weighted by atomic mass is 9.90. The molecule has 228 valence electrons. The quantitative estimate of drug-likeness (QED) is 0.289. The maximum Gasteiger partial charge on any atom is 0.394 e. The molecule has 0 amide bonds. The van der Waals surface area contributed by atoms with E-state index in [1.165, 1.54) is 42.0 Å². The summed E-state index contributed by atoms with van der Waals surface area (Å²) in [5.41, 5.74) is 0.614. The number of benzene rings is 1. The number of hydrogen-bond donors (Lipinski definition) is 2. The lowest BCUT2D eigenvalue weighted by molar-refractivity contribution is -0.128. The molecule has 14 heteroatoms. The Morgan fingerprint density at radius 2 is 1.98 bits per heavy atom. The highest BCUT2D eigenvalue weighted by atomic mass is 32.2. The van der Waals surface area contributed by atoms with Crippen molar-refractivity contribution < 1.29 is 35.1 Å². The lowest BCUT2D eigenvalue weighted by Gasteiger charge is -2.37. The van der Waals surface area contributed by atoms with Crippen LogP contribution >= 0.6 is 0 Å². The van der Waals surface area contributed by atoms with Crippen LogP contribution in [0.1, 0.15) is 35.8 Å². The van der Waals surface area contributed by atoms with E-state index in [1.54, 1.807) is 25.1 Å². The summed E-state index contributed by atoms with van der Waals surface area (Å²) in [7, 11) is 1.47. The first-order chi connectivity index (χ1) is 19.6. The molecule has 2 N–H and O–H groups in total. The minimum Gasteiger partial charge on any atom is -0.495 e. The Morgan fingerprint density at radius 3 is 2.62 bits per heavy atom. The van der Waals surface area contributed by atoms with Crippen molar-refractivity contribution in [2.75, 3.05) is 45.9 Å². The number of methoxy groups -OCH3 is 1. The van der Waals surface area contributed by atoms with Gasteiger partial charge in [-0.15, -0.1) is 0 Å². The molecule has 0 radical (unpaired) electrons. The molecule has 0 unspecified atom stereocenters. The number of aromatic nitrogens is 2. The smallest absolute Gasteiger partial charge is 0.394 e. The molecule has 0 aliphatic carbocycles. The van der Waals surface area contributed by atoms with E-state index in [1.807, 2.05) is 0 Å². The van der Waals surface area contributed by atoms with Crippen LogP contribution in [-0.4, -0.2) is 81.4 Å². The van der Waals surface area contributed by atoms with Crippen molar-refractivity contribution in [2.45, 2.75) is 48.3 Å². The number of imidazole rings is 1. The van der Waals surface area contributed by atoms with Crippen molar-refractivity contribution in [3.05, 3.63) is 53.5 Å². The zero-order valence-electron chi connectivity index (χ0n) is 23.5. The predicted molar refractivity (Wildman–Crippen MR) is 149 cm³/mol. The topological polar surface area (TPSA) is 88.0 Å². The second kappa shape index (κ2) is 12.1. The number of pyridine rings is 1. The molecule has 1 saturated heterocycles. The third kappa shape index (κ3) is 7.70. The number of piperidine rings is 1. The SMILES string of the molecule is COc1cc(S(C)(=O)=O)ccc1NCC#Cc1nc2c([C@@H]3CC(F)(F)C[C@H](CN(C)C)N3)cccn2c1CC(F)(F)F. The Hall–Kier alpha value is -3.41. The van der Waals surface area contributed by atoms with E-state index < -0.39 is 46.9 Å². The third-order valence-electron chi connectivity index (χ3n) is 6.77. The first-order valence-electron chi connectivity index (χ1n) is 13.0. The molecule has 2 aromatic heterocycles. The largest absolute Gasteiger partial charge is 0.495 e. The van der Waals surface area contributed by atoms with E-state index in [-0.39, 0.29) is 40.6 Å². The van der Waals surface area contributed by atoms with Gasteiger partial charge in [0.25, 0.3) is 5.92 Å². The number of rotatable bonds is 8. The molecular formula is C28H32F5N5O3S. The molecule has 2 atom stereocenters. The second-order valence-corrected chi connectivity index (χ2v) is 12.6. The average Bonchev–Trinajstić information content (AvgIpc) is 3.20. The summed E-state index contributed by atoms with van der Waals surface area (Å²) in [6, 6.07) is 6.01. The number of alkyl halides is 5. The summed E-state index contributed by atoms with van der Waals surface area (Å²) in [5.74, 6) is 2.74. The summed E-state index contributed by atoms with van der Waals surface area (Å²) in [4.78, 5) is 6.26. The summed E-state index contributed by atoms with van der Waals surface area (Å²) in [6.45, 7) is 0.345. The van der Waals surface area contributed by atoms with Gasteiger partial charge in [-0.05, 0) is 38.2 Å². The number of anilines is 1. The number of ether oxygens (including phenoxy) is 1. The number of fused-ring (bicyclic) bond motifs is 1. The fourth-order valence-corrected chi connectivity index (χ4v) is 5.72. The number of likely N-dealkylation sites (N-methyl/N-ethyl adjacent to an activating group) is 1. The van der Waals surface area contributed by atoms with Crippen LogP contribution in [-0.2, 0) is 16.3 Å². The molecule has 1 fully saturated rings. The summed E-state index contributed by atoms with van der Waals surface area (Å²) in [5, 5.41) is 6.19. The Balaban J connectivity index is 1.66. The van der Waals surface area contributed by atoms with E-state index in [4.69, 9.17) is 4.74 Å². The Bertz CT molecular complexity index is 1610. The van der Waals surface area contributed by atoms with Crippen LogP contribution in [0.4, 0.5) is 27.6 Å². The van der Waals surface area contributed by atoms with Crippen LogP contribution in [0.5, 0.6) is 5.75 Å². The van der Waals surface area contributed by atoms with E-state index in [2.05, 4.69) is 27.5 Å². The maximum atomic E-state index is 14.7. The molecule has 1 aromatic carbocycles. The van der Waals surface area contributed by atoms with Gasteiger partial charge in [0.1, 0.15) is 17.1 Å². The predicted octanol–water partition coefficient (Wildman–Crippen LogP) is 4.30. The molecular weight excluding hydrogens is 581 g/mol. The van der Waals surface area contributed by atoms with Crippen LogP contribution in [0, 0.1) is 11.8 Å². The Kier molecular flexibility index (Phi) is 9.05. The Morgan fingerprint density at radius 1 is 1.24 bits per heavy atom. The van der Waals surface area contributed by atoms with E-state index >= 15 is 0 Å². The van der Waals surface area contributed by atoms with Crippen LogP contribution < -0.4 is 15.4 Å². The third-order valence-corrected chi connectivity index (χ3v) is 7.88. The Labute approximate surface area is 241 Å². The second-order valence-electron chi connectivity index (χ2n) is 10.6. The molecule has 1 aliphatic heterocycles. The standard InChI is InChI=1S/C28H32F5N5O3S/c1-37(2)17-18-14-27(29,30)15-23(35-18)20-7-6-12-38-24(16-28(31,32)33)21(36-26(20)38)8-5-11-34-22-10-9-19(42(4,39)40)13-25(22)41-3/h6-7,9-10,12-13,18,23,34-35H,11,14-17H2,1-4H3/t18-,23+/m1/s1. The zero-order valence-corrected chi connectivity index (χ0v) is 24.3. The van der Waals surface area contributed by atoms with Gasteiger partial charge in [0.05, 0.1) is 36.4 Å².